The summed E-state index contributed by atoms with van der Waals surface area (Å²) in [7, 11) is 5.31. The van der Waals surface area contributed by atoms with Crippen molar-refractivity contribution in [2.45, 2.75) is 24.0 Å². The van der Waals surface area contributed by atoms with Gasteiger partial charge in [-0.1, -0.05) is 6.07 Å². The number of benzene rings is 1. The zero-order valence-electron chi connectivity index (χ0n) is 13.7. The van der Waals surface area contributed by atoms with E-state index < -0.39 is 0 Å². The Morgan fingerprint density at radius 3 is 2.64 bits per heavy atom. The van der Waals surface area contributed by atoms with E-state index in [1.807, 2.05) is 30.0 Å². The highest BCUT2D eigenvalue weighted by Crippen LogP contribution is 2.44. The molecule has 1 aromatic rings. The highest BCUT2D eigenvalue weighted by molar-refractivity contribution is 8.01. The Bertz CT molecular complexity index is 524. The fourth-order valence-electron chi connectivity index (χ4n) is 2.63. The van der Waals surface area contributed by atoms with Gasteiger partial charge in [0.05, 0.1) is 33.1 Å². The number of carbonyl (C=O) groups excluding carboxylic acids is 1. The van der Waals surface area contributed by atoms with Crippen LogP contribution in [0.15, 0.2) is 18.2 Å². The lowest BCUT2D eigenvalue weighted by molar-refractivity contribution is -0.627. The molecule has 1 heterocycles. The number of amides is 1. The van der Waals surface area contributed by atoms with Gasteiger partial charge in [0.15, 0.2) is 11.5 Å². The summed E-state index contributed by atoms with van der Waals surface area (Å²) in [4.78, 5) is 14.4. The molecule has 1 aliphatic rings. The van der Waals surface area contributed by atoms with Gasteiger partial charge in [-0.3, -0.25) is 4.79 Å². The molecule has 0 aliphatic carbocycles. The van der Waals surface area contributed by atoms with Crippen molar-refractivity contribution in [1.82, 2.24) is 4.90 Å². The lowest BCUT2D eigenvalue weighted by Gasteiger charge is -2.24. The van der Waals surface area contributed by atoms with Gasteiger partial charge in [-0.15, -0.1) is 11.8 Å². The molecule has 0 aromatic heterocycles. The van der Waals surface area contributed by atoms with Crippen LogP contribution in [0, 0.1) is 0 Å². The second-order valence-corrected chi connectivity index (χ2v) is 6.75. The maximum Gasteiger partial charge on any atom is 0.236 e. The molecule has 0 spiro atoms. The van der Waals surface area contributed by atoms with Crippen molar-refractivity contribution < 1.29 is 19.6 Å². The van der Waals surface area contributed by atoms with Crippen molar-refractivity contribution in [3.63, 3.8) is 0 Å². The number of nitrogens with two attached hydrogens (primary N) is 1. The number of methoxy groups -OCH3 is 2. The van der Waals surface area contributed by atoms with E-state index >= 15 is 0 Å². The van der Waals surface area contributed by atoms with Gasteiger partial charge in [0.2, 0.25) is 5.91 Å². The number of quaternary nitrogens is 1. The number of hydrogen-bond acceptors (Lipinski definition) is 4. The normalized spacial score (nSPS) is 21.3. The van der Waals surface area contributed by atoms with Crippen LogP contribution in [0.1, 0.15) is 24.3 Å². The summed E-state index contributed by atoms with van der Waals surface area (Å²) in [6, 6.07) is 5.89. The molecule has 5 nitrogen and oxygen atoms in total. The Labute approximate surface area is 136 Å². The van der Waals surface area contributed by atoms with Crippen LogP contribution in [-0.2, 0) is 4.79 Å². The molecular formula is C16H25N2O3S+. The van der Waals surface area contributed by atoms with Crippen LogP contribution in [-0.4, -0.2) is 50.4 Å². The highest BCUT2D eigenvalue weighted by Gasteiger charge is 2.38. The molecule has 0 radical (unpaired) electrons. The summed E-state index contributed by atoms with van der Waals surface area (Å²) < 4.78 is 10.7. The van der Waals surface area contributed by atoms with E-state index in [9.17, 15) is 4.79 Å². The predicted molar refractivity (Wildman–Crippen MR) is 88.4 cm³/mol. The molecule has 1 amide bonds. The molecule has 0 saturated carbocycles. The van der Waals surface area contributed by atoms with Gasteiger partial charge in [-0.2, -0.15) is 0 Å². The summed E-state index contributed by atoms with van der Waals surface area (Å²) in [6.07, 6.45) is 0.999. The average Bonchev–Trinajstić information content (AvgIpc) is 2.82. The standard InChI is InChI=1S/C16H24N2O3S/c1-11-15(19)18(9-5-8-17-2)16(22-11)12-6-7-13(20-3)14(10-12)21-4/h6-7,10-11,16-17H,5,8-9H2,1-4H3/p+1/t11-,16-/m0/s1. The first-order valence-electron chi connectivity index (χ1n) is 7.58. The average molecular weight is 325 g/mol. The Balaban J connectivity index is 2.22. The zero-order valence-corrected chi connectivity index (χ0v) is 14.5. The Morgan fingerprint density at radius 2 is 2.00 bits per heavy atom. The largest absolute Gasteiger partial charge is 0.493 e. The number of nitrogens with zero attached hydrogens (tertiary/aromatic N) is 1. The fraction of sp³-hybridized carbons (Fsp3) is 0.562. The predicted octanol–water partition coefficient (Wildman–Crippen LogP) is 1.25. The second kappa shape index (κ2) is 7.74. The van der Waals surface area contributed by atoms with Gasteiger partial charge in [0, 0.05) is 13.0 Å². The Kier molecular flexibility index (Phi) is 5.97. The first kappa shape index (κ1) is 17.0. The minimum absolute atomic E-state index is 0.00343. The third kappa shape index (κ3) is 3.50. The van der Waals surface area contributed by atoms with Gasteiger partial charge in [-0.25, -0.2) is 0 Å². The van der Waals surface area contributed by atoms with E-state index in [0.717, 1.165) is 25.1 Å². The van der Waals surface area contributed by atoms with E-state index in [1.165, 1.54) is 0 Å². The molecule has 0 unspecified atom stereocenters. The van der Waals surface area contributed by atoms with Crippen LogP contribution in [0.4, 0.5) is 0 Å². The third-order valence-corrected chi connectivity index (χ3v) is 5.23. The van der Waals surface area contributed by atoms with Gasteiger partial charge < -0.3 is 19.7 Å². The van der Waals surface area contributed by atoms with Gasteiger partial charge >= 0.3 is 0 Å². The molecule has 1 fully saturated rings. The molecular weight excluding hydrogens is 300 g/mol. The van der Waals surface area contributed by atoms with Crippen LogP contribution in [0.3, 0.4) is 0 Å². The van der Waals surface area contributed by atoms with Crippen molar-refractivity contribution >= 4 is 17.7 Å². The van der Waals surface area contributed by atoms with Crippen molar-refractivity contribution in [1.29, 1.82) is 0 Å². The van der Waals surface area contributed by atoms with Crippen LogP contribution in [0.5, 0.6) is 11.5 Å². The van der Waals surface area contributed by atoms with E-state index in [2.05, 4.69) is 12.4 Å². The lowest BCUT2D eigenvalue weighted by Crippen LogP contribution is -2.79. The Hall–Kier alpha value is -1.40. The first-order chi connectivity index (χ1) is 10.6. The van der Waals surface area contributed by atoms with Crippen molar-refractivity contribution in [2.24, 2.45) is 0 Å². The molecule has 1 aliphatic heterocycles. The molecule has 2 atom stereocenters. The van der Waals surface area contributed by atoms with Crippen molar-refractivity contribution in [3.8, 4) is 11.5 Å². The SMILES string of the molecule is C[NH2+]CCCN1C(=O)[C@H](C)S[C@H]1c1ccc(OC)c(OC)c1. The molecule has 1 saturated heterocycles. The fourth-order valence-corrected chi connectivity index (χ4v) is 3.93. The molecule has 122 valence electrons. The van der Waals surface area contributed by atoms with Crippen molar-refractivity contribution in [2.75, 3.05) is 34.4 Å². The Morgan fingerprint density at radius 1 is 1.27 bits per heavy atom. The molecule has 1 aromatic carbocycles. The summed E-state index contributed by atoms with van der Waals surface area (Å²) in [5.74, 6) is 1.64. The van der Waals surface area contributed by atoms with Gasteiger partial charge in [-0.05, 0) is 24.6 Å². The molecule has 2 rings (SSSR count). The minimum Gasteiger partial charge on any atom is -0.493 e. The quantitative estimate of drug-likeness (QED) is 0.767. The summed E-state index contributed by atoms with van der Waals surface area (Å²) >= 11 is 1.70. The maximum atomic E-state index is 12.4. The van der Waals surface area contributed by atoms with Gasteiger partial charge in [0.1, 0.15) is 5.37 Å². The zero-order chi connectivity index (χ0) is 16.1. The van der Waals surface area contributed by atoms with Gasteiger partial charge in [0.25, 0.3) is 0 Å². The highest BCUT2D eigenvalue weighted by atomic mass is 32.2. The topological polar surface area (TPSA) is 55.4 Å². The first-order valence-corrected chi connectivity index (χ1v) is 8.52. The molecule has 0 bridgehead atoms. The molecule has 22 heavy (non-hydrogen) atoms. The van der Waals surface area contributed by atoms with E-state index in [4.69, 9.17) is 9.47 Å². The number of carbonyl (C=O) groups is 1. The lowest BCUT2D eigenvalue weighted by atomic mass is 10.1. The summed E-state index contributed by atoms with van der Waals surface area (Å²) in [5.41, 5.74) is 1.08. The molecule has 6 heteroatoms. The number of thioether (sulfide) groups is 1. The second-order valence-electron chi connectivity index (χ2n) is 5.33. The number of rotatable bonds is 7. The summed E-state index contributed by atoms with van der Waals surface area (Å²) in [6.45, 7) is 3.80. The van der Waals surface area contributed by atoms with E-state index in [-0.39, 0.29) is 16.5 Å². The maximum absolute atomic E-state index is 12.4. The summed E-state index contributed by atoms with van der Waals surface area (Å²) in [5, 5.41) is 2.20. The van der Waals surface area contributed by atoms with Crippen LogP contribution < -0.4 is 14.8 Å². The number of ether oxygens (including phenoxy) is 2. The smallest absolute Gasteiger partial charge is 0.236 e. The number of hydrogen-bond donors (Lipinski definition) is 1. The monoisotopic (exact) mass is 325 g/mol. The van der Waals surface area contributed by atoms with Crippen molar-refractivity contribution in [3.05, 3.63) is 23.8 Å². The van der Waals surface area contributed by atoms with E-state index in [1.54, 1.807) is 26.0 Å². The molecule has 2 N–H and O–H groups in total. The minimum atomic E-state index is 0.00343. The third-order valence-electron chi connectivity index (χ3n) is 3.83. The van der Waals surface area contributed by atoms with Crippen LogP contribution in [0.25, 0.3) is 0 Å². The van der Waals surface area contributed by atoms with E-state index in [0.29, 0.717) is 11.5 Å². The van der Waals surface area contributed by atoms with Crippen LogP contribution >= 0.6 is 11.8 Å². The van der Waals surface area contributed by atoms with Crippen LogP contribution in [0.2, 0.25) is 0 Å².